The first-order valence-corrected chi connectivity index (χ1v) is 11.0. The van der Waals surface area contributed by atoms with Crippen LogP contribution in [0, 0.1) is 5.82 Å². The lowest BCUT2D eigenvalue weighted by Gasteiger charge is -2.12. The Kier molecular flexibility index (Phi) is 8.39. The number of hydrazone groups is 1. The van der Waals surface area contributed by atoms with Gasteiger partial charge < -0.3 is 24.6 Å². The molecule has 3 rings (SSSR count). The number of aromatic hydroxyl groups is 1. The number of carbonyl (C=O) groups excluding carboxylic acids is 2. The van der Waals surface area contributed by atoms with Crippen LogP contribution in [0.5, 0.6) is 17.2 Å². The molecule has 0 bridgehead atoms. The second-order valence-electron chi connectivity index (χ2n) is 6.98. The van der Waals surface area contributed by atoms with Crippen LogP contribution in [0.2, 0.25) is 0 Å². The van der Waals surface area contributed by atoms with Crippen molar-refractivity contribution < 1.29 is 33.3 Å². The van der Waals surface area contributed by atoms with Gasteiger partial charge >= 0.3 is 0 Å². The largest absolute Gasteiger partial charge is 0.504 e. The van der Waals surface area contributed by atoms with E-state index in [-0.39, 0.29) is 22.9 Å². The molecule has 180 valence electrons. The molecule has 0 saturated carbocycles. The maximum Gasteiger partial charge on any atom is 0.259 e. The SMILES string of the molecule is COCC/C(=N\NC(=O)CNC(=O)c1ccc(OC)c(OC)c1O)c1csc2c(F)cccc12. The third kappa shape index (κ3) is 5.43. The molecule has 0 aliphatic carbocycles. The van der Waals surface area contributed by atoms with Gasteiger partial charge in [-0.25, -0.2) is 9.82 Å². The quantitative estimate of drug-likeness (QED) is 0.298. The molecule has 0 aliphatic rings. The van der Waals surface area contributed by atoms with Gasteiger partial charge in [0.15, 0.2) is 11.5 Å². The Hall–Kier alpha value is -3.70. The van der Waals surface area contributed by atoms with E-state index >= 15 is 0 Å². The molecular formula is C23H24FN3O6S. The smallest absolute Gasteiger partial charge is 0.259 e. The zero-order valence-electron chi connectivity index (χ0n) is 18.8. The van der Waals surface area contributed by atoms with Crippen molar-refractivity contribution in [3.05, 3.63) is 52.7 Å². The molecule has 0 saturated heterocycles. The standard InChI is InChI=1S/C23H24FN3O6S/c1-31-10-9-17(15-12-34-22-13(15)5-4-6-16(22)24)26-27-19(28)11-25-23(30)14-7-8-18(32-2)21(33-3)20(14)29/h4-8,12,29H,9-11H2,1-3H3,(H,25,30)(H,27,28)/b26-17+. The highest BCUT2D eigenvalue weighted by Gasteiger charge is 2.20. The van der Waals surface area contributed by atoms with E-state index in [1.807, 2.05) is 0 Å². The summed E-state index contributed by atoms with van der Waals surface area (Å²) in [4.78, 5) is 24.8. The fourth-order valence-electron chi connectivity index (χ4n) is 3.21. The monoisotopic (exact) mass is 489 g/mol. The molecule has 34 heavy (non-hydrogen) atoms. The number of hydrogen-bond donors (Lipinski definition) is 3. The number of thiophene rings is 1. The van der Waals surface area contributed by atoms with Crippen molar-refractivity contribution in [3.8, 4) is 17.2 Å². The Bertz CT molecular complexity index is 1230. The van der Waals surface area contributed by atoms with Gasteiger partial charge in [0, 0.05) is 29.9 Å². The number of carbonyl (C=O) groups is 2. The van der Waals surface area contributed by atoms with Crippen LogP contribution < -0.4 is 20.2 Å². The van der Waals surface area contributed by atoms with E-state index in [2.05, 4.69) is 15.8 Å². The summed E-state index contributed by atoms with van der Waals surface area (Å²) >= 11 is 1.25. The summed E-state index contributed by atoms with van der Waals surface area (Å²) in [5, 5.41) is 19.3. The Balaban J connectivity index is 1.70. The van der Waals surface area contributed by atoms with Crippen LogP contribution in [-0.4, -0.2) is 57.1 Å². The molecule has 11 heteroatoms. The minimum atomic E-state index is -0.684. The number of rotatable bonds is 10. The highest BCUT2D eigenvalue weighted by molar-refractivity contribution is 7.17. The Morgan fingerprint density at radius 2 is 1.91 bits per heavy atom. The van der Waals surface area contributed by atoms with Crippen molar-refractivity contribution in [2.45, 2.75) is 6.42 Å². The molecule has 1 heterocycles. The molecule has 0 spiro atoms. The van der Waals surface area contributed by atoms with Gasteiger partial charge in [0.05, 0.1) is 43.3 Å². The van der Waals surface area contributed by atoms with Crippen molar-refractivity contribution in [1.82, 2.24) is 10.7 Å². The first-order chi connectivity index (χ1) is 16.4. The highest BCUT2D eigenvalue weighted by atomic mass is 32.1. The topological polar surface area (TPSA) is 118 Å². The average Bonchev–Trinajstić information content (AvgIpc) is 3.27. The summed E-state index contributed by atoms with van der Waals surface area (Å²) in [6, 6.07) is 7.60. The maximum absolute atomic E-state index is 14.1. The Labute approximate surface area is 199 Å². The van der Waals surface area contributed by atoms with Crippen molar-refractivity contribution in [2.24, 2.45) is 5.10 Å². The Morgan fingerprint density at radius 1 is 1.12 bits per heavy atom. The number of nitrogens with one attached hydrogen (secondary N) is 2. The van der Waals surface area contributed by atoms with E-state index in [0.29, 0.717) is 34.4 Å². The van der Waals surface area contributed by atoms with Gasteiger partial charge in [-0.15, -0.1) is 11.3 Å². The lowest BCUT2D eigenvalue weighted by molar-refractivity contribution is -0.120. The predicted octanol–water partition coefficient (Wildman–Crippen LogP) is 3.05. The minimum absolute atomic E-state index is 0.00594. The summed E-state index contributed by atoms with van der Waals surface area (Å²) in [7, 11) is 4.27. The van der Waals surface area contributed by atoms with E-state index in [1.165, 1.54) is 43.8 Å². The zero-order chi connectivity index (χ0) is 24.7. The summed E-state index contributed by atoms with van der Waals surface area (Å²) in [6.45, 7) is -0.0522. The molecule has 0 unspecified atom stereocenters. The summed E-state index contributed by atoms with van der Waals surface area (Å²) in [6.07, 6.45) is 0.380. The zero-order valence-corrected chi connectivity index (χ0v) is 19.6. The number of benzene rings is 2. The minimum Gasteiger partial charge on any atom is -0.504 e. The van der Waals surface area contributed by atoms with Crippen LogP contribution in [0.1, 0.15) is 22.3 Å². The molecular weight excluding hydrogens is 465 g/mol. The predicted molar refractivity (Wildman–Crippen MR) is 126 cm³/mol. The van der Waals surface area contributed by atoms with Gasteiger partial charge in [-0.2, -0.15) is 5.10 Å². The number of halogens is 1. The van der Waals surface area contributed by atoms with Crippen LogP contribution in [0.3, 0.4) is 0 Å². The first-order valence-electron chi connectivity index (χ1n) is 10.1. The van der Waals surface area contributed by atoms with Crippen molar-refractivity contribution in [2.75, 3.05) is 34.5 Å². The van der Waals surface area contributed by atoms with Crippen molar-refractivity contribution in [1.29, 1.82) is 0 Å². The van der Waals surface area contributed by atoms with Crippen LogP contribution in [0.15, 0.2) is 40.8 Å². The van der Waals surface area contributed by atoms with Crippen LogP contribution in [0.4, 0.5) is 4.39 Å². The molecule has 0 aliphatic heterocycles. The number of hydrogen-bond acceptors (Lipinski definition) is 8. The van der Waals surface area contributed by atoms with Gasteiger partial charge in [0.1, 0.15) is 5.82 Å². The summed E-state index contributed by atoms with van der Waals surface area (Å²) in [5.74, 6) is -1.74. The van der Waals surface area contributed by atoms with Crippen molar-refractivity contribution in [3.63, 3.8) is 0 Å². The van der Waals surface area contributed by atoms with Gasteiger partial charge in [-0.05, 0) is 18.2 Å². The van der Waals surface area contributed by atoms with Crippen LogP contribution >= 0.6 is 11.3 Å². The molecule has 3 N–H and O–H groups in total. The lowest BCUT2D eigenvalue weighted by Crippen LogP contribution is -2.35. The summed E-state index contributed by atoms with van der Waals surface area (Å²) in [5.41, 5.74) is 3.52. The number of amides is 2. The second-order valence-corrected chi connectivity index (χ2v) is 7.86. The van der Waals surface area contributed by atoms with E-state index in [0.717, 1.165) is 0 Å². The molecule has 0 fully saturated rings. The molecule has 2 aromatic carbocycles. The number of phenolic OH excluding ortho intramolecular Hbond substituents is 1. The fourth-order valence-corrected chi connectivity index (χ4v) is 4.20. The number of nitrogens with zero attached hydrogens (tertiary/aromatic N) is 1. The van der Waals surface area contributed by atoms with Gasteiger partial charge in [0.2, 0.25) is 5.75 Å². The third-order valence-electron chi connectivity index (χ3n) is 4.89. The molecule has 0 radical (unpaired) electrons. The van der Waals surface area contributed by atoms with E-state index in [9.17, 15) is 19.1 Å². The van der Waals surface area contributed by atoms with Crippen LogP contribution in [-0.2, 0) is 9.53 Å². The van der Waals surface area contributed by atoms with Crippen LogP contribution in [0.25, 0.3) is 10.1 Å². The van der Waals surface area contributed by atoms with E-state index in [1.54, 1.807) is 24.6 Å². The molecule has 9 nitrogen and oxygen atoms in total. The van der Waals surface area contributed by atoms with Crippen molar-refractivity contribution >= 4 is 38.9 Å². The summed E-state index contributed by atoms with van der Waals surface area (Å²) < 4.78 is 29.8. The molecule has 3 aromatic rings. The average molecular weight is 490 g/mol. The number of phenols is 1. The second kappa shape index (κ2) is 11.4. The number of methoxy groups -OCH3 is 3. The number of ether oxygens (including phenoxy) is 3. The maximum atomic E-state index is 14.1. The molecule has 1 aromatic heterocycles. The van der Waals surface area contributed by atoms with Gasteiger partial charge in [0.25, 0.3) is 11.8 Å². The molecule has 0 atom stereocenters. The Morgan fingerprint density at radius 3 is 2.62 bits per heavy atom. The third-order valence-corrected chi connectivity index (χ3v) is 5.90. The van der Waals surface area contributed by atoms with Gasteiger partial charge in [-0.1, -0.05) is 12.1 Å². The lowest BCUT2D eigenvalue weighted by atomic mass is 10.1. The first kappa shape index (κ1) is 24.9. The fraction of sp³-hybridized carbons (Fsp3) is 0.261. The number of fused-ring (bicyclic) bond motifs is 1. The van der Waals surface area contributed by atoms with E-state index < -0.39 is 24.1 Å². The normalized spacial score (nSPS) is 11.4. The van der Waals surface area contributed by atoms with E-state index in [4.69, 9.17) is 14.2 Å². The highest BCUT2D eigenvalue weighted by Crippen LogP contribution is 2.38. The van der Waals surface area contributed by atoms with Gasteiger partial charge in [-0.3, -0.25) is 9.59 Å². The molecule has 2 amide bonds.